The highest BCUT2D eigenvalue weighted by molar-refractivity contribution is 7.89. The molecule has 2 unspecified atom stereocenters. The highest BCUT2D eigenvalue weighted by atomic mass is 32.2. The van der Waals surface area contributed by atoms with Crippen molar-refractivity contribution in [1.82, 2.24) is 9.62 Å². The number of nitro groups is 1. The molecule has 2 bridgehead atoms. The Morgan fingerprint density at radius 3 is 2.43 bits per heavy atom. The van der Waals surface area contributed by atoms with E-state index >= 15 is 0 Å². The number of nitrogens with one attached hydrogen (secondary N) is 1. The fraction of sp³-hybridized carbons (Fsp3) is 0.600. The van der Waals surface area contributed by atoms with Gasteiger partial charge in [0.25, 0.3) is 5.69 Å². The second-order valence-corrected chi connectivity index (χ2v) is 8.49. The van der Waals surface area contributed by atoms with E-state index < -0.39 is 14.9 Å². The summed E-state index contributed by atoms with van der Waals surface area (Å²) in [7, 11) is -2.15. The van der Waals surface area contributed by atoms with E-state index in [1.165, 1.54) is 16.4 Å². The van der Waals surface area contributed by atoms with Crippen molar-refractivity contribution in [3.05, 3.63) is 33.9 Å². The molecule has 0 aromatic heterocycles. The van der Waals surface area contributed by atoms with Gasteiger partial charge < -0.3 is 5.32 Å². The van der Waals surface area contributed by atoms with Crippen molar-refractivity contribution in [3.63, 3.8) is 0 Å². The molecule has 23 heavy (non-hydrogen) atoms. The maximum Gasteiger partial charge on any atom is 0.273 e. The summed E-state index contributed by atoms with van der Waals surface area (Å²) in [4.78, 5) is 10.5. The summed E-state index contributed by atoms with van der Waals surface area (Å²) in [6, 6.07) is 4.80. The van der Waals surface area contributed by atoms with Gasteiger partial charge in [-0.1, -0.05) is 6.07 Å². The van der Waals surface area contributed by atoms with Crippen LogP contribution >= 0.6 is 0 Å². The Morgan fingerprint density at radius 2 is 1.87 bits per heavy atom. The van der Waals surface area contributed by atoms with Crippen LogP contribution in [0.2, 0.25) is 0 Å². The van der Waals surface area contributed by atoms with Crippen LogP contribution < -0.4 is 5.32 Å². The highest BCUT2D eigenvalue weighted by Crippen LogP contribution is 2.32. The molecule has 1 N–H and O–H groups in total. The Morgan fingerprint density at radius 1 is 1.26 bits per heavy atom. The minimum Gasteiger partial charge on any atom is -0.311 e. The molecular formula is C15H21N3O4S. The van der Waals surface area contributed by atoms with Crippen LogP contribution in [0, 0.1) is 17.0 Å². The third-order valence-corrected chi connectivity index (χ3v) is 6.92. The lowest BCUT2D eigenvalue weighted by Gasteiger charge is -2.34. The Labute approximate surface area is 135 Å². The van der Waals surface area contributed by atoms with Crippen molar-refractivity contribution in [2.24, 2.45) is 0 Å². The molecule has 1 aromatic carbocycles. The first-order valence-electron chi connectivity index (χ1n) is 7.78. The number of nitrogens with zero attached hydrogens (tertiary/aromatic N) is 2. The van der Waals surface area contributed by atoms with Gasteiger partial charge in [0.15, 0.2) is 0 Å². The van der Waals surface area contributed by atoms with Gasteiger partial charge in [-0.2, -0.15) is 4.31 Å². The van der Waals surface area contributed by atoms with Crippen molar-refractivity contribution in [2.45, 2.75) is 55.6 Å². The van der Waals surface area contributed by atoms with Gasteiger partial charge in [-0.3, -0.25) is 10.1 Å². The average molecular weight is 339 g/mol. The quantitative estimate of drug-likeness (QED) is 0.667. The van der Waals surface area contributed by atoms with E-state index in [2.05, 4.69) is 5.32 Å². The van der Waals surface area contributed by atoms with Crippen molar-refractivity contribution in [2.75, 3.05) is 7.05 Å². The molecule has 0 amide bonds. The number of benzene rings is 1. The molecule has 2 saturated heterocycles. The number of hydrogen-bond acceptors (Lipinski definition) is 5. The summed E-state index contributed by atoms with van der Waals surface area (Å²) in [5, 5.41) is 14.5. The Hall–Kier alpha value is -1.51. The zero-order chi connectivity index (χ0) is 16.8. The monoisotopic (exact) mass is 339 g/mol. The molecule has 2 atom stereocenters. The van der Waals surface area contributed by atoms with E-state index in [4.69, 9.17) is 0 Å². The molecule has 0 aliphatic carbocycles. The smallest absolute Gasteiger partial charge is 0.273 e. The summed E-state index contributed by atoms with van der Waals surface area (Å²) in [6.07, 6.45) is 3.76. The highest BCUT2D eigenvalue weighted by Gasteiger charge is 2.39. The predicted molar refractivity (Wildman–Crippen MR) is 85.7 cm³/mol. The van der Waals surface area contributed by atoms with Crippen LogP contribution in [-0.2, 0) is 10.0 Å². The molecule has 0 spiro atoms. The van der Waals surface area contributed by atoms with Crippen LogP contribution in [0.5, 0.6) is 0 Å². The van der Waals surface area contributed by atoms with Gasteiger partial charge >= 0.3 is 0 Å². The van der Waals surface area contributed by atoms with Crippen LogP contribution in [0.25, 0.3) is 0 Å². The fourth-order valence-electron chi connectivity index (χ4n) is 3.63. The predicted octanol–water partition coefficient (Wildman–Crippen LogP) is 1.81. The first-order valence-corrected chi connectivity index (χ1v) is 9.22. The van der Waals surface area contributed by atoms with Crippen LogP contribution in [0.4, 0.5) is 5.69 Å². The summed E-state index contributed by atoms with van der Waals surface area (Å²) in [5.74, 6) is 0. The van der Waals surface area contributed by atoms with E-state index in [-0.39, 0.29) is 16.6 Å². The first kappa shape index (κ1) is 16.4. The maximum absolute atomic E-state index is 12.8. The lowest BCUT2D eigenvalue weighted by molar-refractivity contribution is -0.385. The van der Waals surface area contributed by atoms with Gasteiger partial charge in [-0.25, -0.2) is 8.42 Å². The second kappa shape index (κ2) is 5.85. The van der Waals surface area contributed by atoms with Crippen molar-refractivity contribution in [1.29, 1.82) is 0 Å². The molecule has 2 fully saturated rings. The van der Waals surface area contributed by atoms with E-state index in [0.717, 1.165) is 31.7 Å². The molecule has 1 aromatic rings. The van der Waals surface area contributed by atoms with Crippen LogP contribution in [0.15, 0.2) is 23.1 Å². The van der Waals surface area contributed by atoms with Gasteiger partial charge in [0.1, 0.15) is 0 Å². The van der Waals surface area contributed by atoms with Crippen molar-refractivity contribution in [3.8, 4) is 0 Å². The van der Waals surface area contributed by atoms with Gasteiger partial charge in [0.05, 0.1) is 9.82 Å². The summed E-state index contributed by atoms with van der Waals surface area (Å²) < 4.78 is 27.1. The van der Waals surface area contributed by atoms with Crippen molar-refractivity contribution < 1.29 is 13.3 Å². The summed E-state index contributed by atoms with van der Waals surface area (Å²) in [5.41, 5.74) is 0.293. The van der Waals surface area contributed by atoms with Gasteiger partial charge in [0.2, 0.25) is 10.0 Å². The fourth-order valence-corrected chi connectivity index (χ4v) is 5.03. The standard InChI is InChI=1S/C15H21N3O4S/c1-10-3-6-14(9-15(10)18(19)20)23(21,22)17(2)13-7-11-4-5-12(8-13)16-11/h3,6,9,11-13,16H,4-5,7-8H2,1-2H3. The molecule has 2 aliphatic rings. The molecule has 2 heterocycles. The molecule has 3 rings (SSSR count). The molecule has 0 saturated carbocycles. The van der Waals surface area contributed by atoms with E-state index in [1.807, 2.05) is 0 Å². The number of fused-ring (bicyclic) bond motifs is 2. The lowest BCUT2D eigenvalue weighted by Crippen LogP contribution is -2.48. The van der Waals surface area contributed by atoms with Crippen LogP contribution in [-0.4, -0.2) is 42.8 Å². The second-order valence-electron chi connectivity index (χ2n) is 6.49. The SMILES string of the molecule is Cc1ccc(S(=O)(=O)N(C)C2CC3CCC(C2)N3)cc1[N+](=O)[O-]. The third kappa shape index (κ3) is 2.98. The number of sulfonamides is 1. The maximum atomic E-state index is 12.8. The zero-order valence-corrected chi connectivity index (χ0v) is 14.0. The third-order valence-electron chi connectivity index (χ3n) is 5.02. The molecular weight excluding hydrogens is 318 g/mol. The molecule has 8 heteroatoms. The topological polar surface area (TPSA) is 92.6 Å². The largest absolute Gasteiger partial charge is 0.311 e. The Balaban J connectivity index is 1.89. The molecule has 0 radical (unpaired) electrons. The summed E-state index contributed by atoms with van der Waals surface area (Å²) in [6.45, 7) is 1.60. The molecule has 7 nitrogen and oxygen atoms in total. The number of aryl methyl sites for hydroxylation is 1. The first-order chi connectivity index (χ1) is 10.8. The van der Waals surface area contributed by atoms with E-state index in [1.54, 1.807) is 14.0 Å². The zero-order valence-electron chi connectivity index (χ0n) is 13.2. The summed E-state index contributed by atoms with van der Waals surface area (Å²) >= 11 is 0. The van der Waals surface area contributed by atoms with Gasteiger partial charge in [-0.15, -0.1) is 0 Å². The van der Waals surface area contributed by atoms with Crippen LogP contribution in [0.1, 0.15) is 31.2 Å². The van der Waals surface area contributed by atoms with Gasteiger partial charge in [0, 0.05) is 36.8 Å². The Bertz CT molecular complexity index is 722. The number of piperidine rings is 1. The number of hydrogen-bond donors (Lipinski definition) is 1. The molecule has 126 valence electrons. The van der Waals surface area contributed by atoms with Crippen LogP contribution in [0.3, 0.4) is 0 Å². The Kier molecular flexibility index (Phi) is 4.16. The normalized spacial score (nSPS) is 27.3. The van der Waals surface area contributed by atoms with E-state index in [0.29, 0.717) is 17.6 Å². The lowest BCUT2D eigenvalue weighted by atomic mass is 10.0. The van der Waals surface area contributed by atoms with E-state index in [9.17, 15) is 18.5 Å². The number of nitro benzene ring substituents is 1. The minimum absolute atomic E-state index is 0.0109. The average Bonchev–Trinajstić information content (AvgIpc) is 2.84. The van der Waals surface area contributed by atoms with Crippen molar-refractivity contribution >= 4 is 15.7 Å². The number of rotatable bonds is 4. The van der Waals surface area contributed by atoms with Gasteiger partial charge in [-0.05, 0) is 38.7 Å². The molecule has 2 aliphatic heterocycles. The minimum atomic E-state index is -3.73.